The standard InChI is InChI=1S/C7H2F5/c8-4-1-2-5(6(9)3-4)7(10,11)12/h1,3H. The molecule has 0 aliphatic carbocycles. The molecule has 0 bridgehead atoms. The van der Waals surface area contributed by atoms with Crippen molar-refractivity contribution >= 4 is 0 Å². The lowest BCUT2D eigenvalue weighted by molar-refractivity contribution is -0.140. The van der Waals surface area contributed by atoms with Crippen molar-refractivity contribution in [3.05, 3.63) is 35.4 Å². The SMILES string of the molecule is Fc1c[c]c(C(F)(F)F)c(F)c1. The lowest BCUT2D eigenvalue weighted by Gasteiger charge is -2.05. The summed E-state index contributed by atoms with van der Waals surface area (Å²) in [4.78, 5) is 0. The van der Waals surface area contributed by atoms with Gasteiger partial charge in [0.05, 0.1) is 5.56 Å². The minimum Gasteiger partial charge on any atom is -0.207 e. The van der Waals surface area contributed by atoms with Gasteiger partial charge in [-0.3, -0.25) is 0 Å². The molecule has 0 atom stereocenters. The van der Waals surface area contributed by atoms with Gasteiger partial charge in [0.25, 0.3) is 0 Å². The van der Waals surface area contributed by atoms with E-state index in [-0.39, 0.29) is 6.07 Å². The van der Waals surface area contributed by atoms with E-state index in [2.05, 4.69) is 0 Å². The van der Waals surface area contributed by atoms with Crippen molar-refractivity contribution in [1.29, 1.82) is 0 Å². The van der Waals surface area contributed by atoms with Crippen molar-refractivity contribution in [2.75, 3.05) is 0 Å². The second-order valence-electron chi connectivity index (χ2n) is 2.04. The fraction of sp³-hybridized carbons (Fsp3) is 0.143. The zero-order chi connectivity index (χ0) is 9.35. The first-order valence-corrected chi connectivity index (χ1v) is 2.85. The van der Waals surface area contributed by atoms with E-state index in [1.54, 1.807) is 0 Å². The molecule has 0 spiro atoms. The topological polar surface area (TPSA) is 0 Å². The fourth-order valence-corrected chi connectivity index (χ4v) is 0.662. The average Bonchev–Trinajstić information content (AvgIpc) is 1.83. The molecule has 12 heavy (non-hydrogen) atoms. The monoisotopic (exact) mass is 181 g/mol. The minimum atomic E-state index is -4.82. The van der Waals surface area contributed by atoms with Crippen LogP contribution < -0.4 is 0 Å². The van der Waals surface area contributed by atoms with E-state index in [1.807, 2.05) is 0 Å². The molecule has 0 aliphatic heterocycles. The largest absolute Gasteiger partial charge is 0.419 e. The number of halogens is 5. The van der Waals surface area contributed by atoms with Gasteiger partial charge in [0.2, 0.25) is 0 Å². The van der Waals surface area contributed by atoms with Gasteiger partial charge in [-0.15, -0.1) is 0 Å². The van der Waals surface area contributed by atoms with E-state index in [0.29, 0.717) is 6.07 Å². The maximum Gasteiger partial charge on any atom is 0.419 e. The Morgan fingerprint density at radius 1 is 1.17 bits per heavy atom. The summed E-state index contributed by atoms with van der Waals surface area (Å²) in [6, 6.07) is 2.07. The number of rotatable bonds is 0. The quantitative estimate of drug-likeness (QED) is 0.540. The predicted molar refractivity (Wildman–Crippen MR) is 30.2 cm³/mol. The van der Waals surface area contributed by atoms with Crippen molar-refractivity contribution in [3.63, 3.8) is 0 Å². The van der Waals surface area contributed by atoms with E-state index in [9.17, 15) is 22.0 Å². The molecule has 0 amide bonds. The Hall–Kier alpha value is -1.13. The van der Waals surface area contributed by atoms with Gasteiger partial charge in [-0.2, -0.15) is 13.2 Å². The van der Waals surface area contributed by atoms with Crippen LogP contribution in [0.1, 0.15) is 5.56 Å². The molecular weight excluding hydrogens is 179 g/mol. The van der Waals surface area contributed by atoms with Gasteiger partial charge in [-0.25, -0.2) is 8.78 Å². The third-order valence-electron chi connectivity index (χ3n) is 1.14. The Bertz CT molecular complexity index is 288. The first kappa shape index (κ1) is 8.96. The van der Waals surface area contributed by atoms with Gasteiger partial charge >= 0.3 is 6.18 Å². The maximum absolute atomic E-state index is 12.4. The molecule has 0 fully saturated rings. The molecule has 1 aromatic rings. The molecule has 0 saturated carbocycles. The van der Waals surface area contributed by atoms with Crippen molar-refractivity contribution < 1.29 is 22.0 Å². The summed E-state index contributed by atoms with van der Waals surface area (Å²) in [6.07, 6.45) is -4.82. The van der Waals surface area contributed by atoms with E-state index in [4.69, 9.17) is 0 Å². The molecule has 0 aromatic heterocycles. The van der Waals surface area contributed by atoms with Crippen LogP contribution in [0.2, 0.25) is 0 Å². The van der Waals surface area contributed by atoms with Gasteiger partial charge < -0.3 is 0 Å². The van der Waals surface area contributed by atoms with Crippen molar-refractivity contribution in [3.8, 4) is 0 Å². The number of benzene rings is 1. The predicted octanol–water partition coefficient (Wildman–Crippen LogP) is 2.78. The lowest BCUT2D eigenvalue weighted by Crippen LogP contribution is -2.08. The van der Waals surface area contributed by atoms with Crippen LogP contribution in [0, 0.1) is 17.7 Å². The van der Waals surface area contributed by atoms with E-state index in [1.165, 1.54) is 6.07 Å². The zero-order valence-electron chi connectivity index (χ0n) is 5.54. The highest BCUT2D eigenvalue weighted by Crippen LogP contribution is 2.30. The molecular formula is C7H2F5. The van der Waals surface area contributed by atoms with Crippen LogP contribution in [-0.2, 0) is 6.18 Å². The Kier molecular flexibility index (Phi) is 2.04. The summed E-state index contributed by atoms with van der Waals surface area (Å²) in [5, 5.41) is 0. The van der Waals surface area contributed by atoms with Crippen LogP contribution in [-0.4, -0.2) is 0 Å². The van der Waals surface area contributed by atoms with Crippen molar-refractivity contribution in [2.24, 2.45) is 0 Å². The molecule has 65 valence electrons. The van der Waals surface area contributed by atoms with Crippen LogP contribution in [0.3, 0.4) is 0 Å². The first-order chi connectivity index (χ1) is 5.41. The fourth-order valence-electron chi connectivity index (χ4n) is 0.662. The molecule has 0 nitrogen and oxygen atoms in total. The summed E-state index contributed by atoms with van der Waals surface area (Å²) < 4.78 is 59.8. The van der Waals surface area contributed by atoms with E-state index in [0.717, 1.165) is 0 Å². The van der Waals surface area contributed by atoms with Crippen LogP contribution >= 0.6 is 0 Å². The van der Waals surface area contributed by atoms with Gasteiger partial charge in [-0.05, 0) is 6.07 Å². The molecule has 0 saturated heterocycles. The number of alkyl halides is 3. The minimum absolute atomic E-state index is 0.166. The average molecular weight is 181 g/mol. The van der Waals surface area contributed by atoms with Gasteiger partial charge in [0.1, 0.15) is 11.6 Å². The van der Waals surface area contributed by atoms with Crippen LogP contribution in [0.5, 0.6) is 0 Å². The summed E-state index contributed by atoms with van der Waals surface area (Å²) in [5.41, 5.74) is -1.58. The highest BCUT2D eigenvalue weighted by molar-refractivity contribution is 5.19. The Morgan fingerprint density at radius 3 is 2.17 bits per heavy atom. The molecule has 0 aliphatic rings. The van der Waals surface area contributed by atoms with Crippen LogP contribution in [0.25, 0.3) is 0 Å². The molecule has 0 N–H and O–H groups in total. The molecule has 1 radical (unpaired) electrons. The summed E-state index contributed by atoms with van der Waals surface area (Å²) in [7, 11) is 0. The van der Waals surface area contributed by atoms with Crippen molar-refractivity contribution in [1.82, 2.24) is 0 Å². The first-order valence-electron chi connectivity index (χ1n) is 2.85. The molecule has 1 rings (SSSR count). The molecule has 0 heterocycles. The molecule has 1 aromatic carbocycles. The Labute approximate surface area is 64.6 Å². The van der Waals surface area contributed by atoms with Gasteiger partial charge in [0.15, 0.2) is 0 Å². The normalized spacial score (nSPS) is 11.8. The summed E-state index contributed by atoms with van der Waals surface area (Å²) in [5.74, 6) is -2.73. The number of hydrogen-bond acceptors (Lipinski definition) is 0. The zero-order valence-corrected chi connectivity index (χ0v) is 5.54. The molecule has 5 heteroatoms. The Balaban J connectivity index is 3.19. The second-order valence-corrected chi connectivity index (χ2v) is 2.04. The third-order valence-corrected chi connectivity index (χ3v) is 1.14. The van der Waals surface area contributed by atoms with E-state index >= 15 is 0 Å². The van der Waals surface area contributed by atoms with Gasteiger partial charge in [-0.1, -0.05) is 0 Å². The number of hydrogen-bond donors (Lipinski definition) is 0. The lowest BCUT2D eigenvalue weighted by atomic mass is 10.2. The third kappa shape index (κ3) is 1.72. The van der Waals surface area contributed by atoms with Crippen molar-refractivity contribution in [2.45, 2.75) is 6.18 Å². The summed E-state index contributed by atoms with van der Waals surface area (Å²) in [6.45, 7) is 0. The second kappa shape index (κ2) is 2.73. The maximum atomic E-state index is 12.4. The van der Waals surface area contributed by atoms with Gasteiger partial charge in [0, 0.05) is 12.1 Å². The molecule has 0 unspecified atom stereocenters. The van der Waals surface area contributed by atoms with E-state index < -0.39 is 23.4 Å². The summed E-state index contributed by atoms with van der Waals surface area (Å²) >= 11 is 0. The Morgan fingerprint density at radius 2 is 1.75 bits per heavy atom. The highest BCUT2D eigenvalue weighted by atomic mass is 19.4. The highest BCUT2D eigenvalue weighted by Gasteiger charge is 2.34. The van der Waals surface area contributed by atoms with Crippen LogP contribution in [0.4, 0.5) is 22.0 Å². The smallest absolute Gasteiger partial charge is 0.207 e. The van der Waals surface area contributed by atoms with Crippen LogP contribution in [0.15, 0.2) is 12.1 Å².